The third kappa shape index (κ3) is 3.53. The summed E-state index contributed by atoms with van der Waals surface area (Å²) < 4.78 is 20.3. The van der Waals surface area contributed by atoms with Crippen LogP contribution in [0.3, 0.4) is 0 Å². The topological polar surface area (TPSA) is 66.0 Å². The molecule has 0 aliphatic carbocycles. The van der Waals surface area contributed by atoms with Gasteiger partial charge in [0, 0.05) is 7.05 Å². The van der Waals surface area contributed by atoms with Crippen LogP contribution >= 0.6 is 0 Å². The van der Waals surface area contributed by atoms with E-state index in [9.17, 15) is 4.39 Å². The second-order valence-corrected chi connectivity index (χ2v) is 3.82. The molecule has 2 aromatic rings. The predicted molar refractivity (Wildman–Crippen MR) is 67.7 cm³/mol. The number of benzene rings is 1. The van der Waals surface area contributed by atoms with Crippen molar-refractivity contribution in [2.24, 2.45) is 12.8 Å². The van der Waals surface area contributed by atoms with Crippen LogP contribution in [0, 0.1) is 17.7 Å². The Morgan fingerprint density at radius 1 is 1.47 bits per heavy atom. The highest BCUT2D eigenvalue weighted by Crippen LogP contribution is 2.19. The van der Waals surface area contributed by atoms with Gasteiger partial charge in [-0.2, -0.15) is 0 Å². The van der Waals surface area contributed by atoms with Gasteiger partial charge in [0.25, 0.3) is 0 Å². The van der Waals surface area contributed by atoms with Crippen molar-refractivity contribution < 1.29 is 9.13 Å². The fraction of sp³-hybridized carbons (Fsp3) is 0.231. The molecule has 0 radical (unpaired) electrons. The van der Waals surface area contributed by atoms with Crippen molar-refractivity contribution in [3.05, 3.63) is 41.5 Å². The number of rotatable bonds is 3. The van der Waals surface area contributed by atoms with Gasteiger partial charge in [-0.15, -0.1) is 5.10 Å². The zero-order chi connectivity index (χ0) is 13.7. The quantitative estimate of drug-likeness (QED) is 0.831. The van der Waals surface area contributed by atoms with Crippen molar-refractivity contribution in [2.75, 3.05) is 6.54 Å². The molecule has 0 atom stereocenters. The Morgan fingerprint density at radius 3 is 3.00 bits per heavy atom. The van der Waals surface area contributed by atoms with E-state index in [4.69, 9.17) is 10.5 Å². The molecule has 1 heterocycles. The number of halogens is 1. The molecule has 5 nitrogen and oxygen atoms in total. The summed E-state index contributed by atoms with van der Waals surface area (Å²) in [7, 11) is 1.77. The second kappa shape index (κ2) is 5.98. The van der Waals surface area contributed by atoms with Crippen molar-refractivity contribution in [2.45, 2.75) is 6.61 Å². The Morgan fingerprint density at radius 2 is 2.32 bits per heavy atom. The van der Waals surface area contributed by atoms with Gasteiger partial charge in [-0.25, -0.2) is 4.39 Å². The van der Waals surface area contributed by atoms with Crippen LogP contribution in [0.4, 0.5) is 4.39 Å². The first-order chi connectivity index (χ1) is 9.19. The molecule has 0 aliphatic rings. The Bertz CT molecular complexity index is 627. The zero-order valence-electron chi connectivity index (χ0n) is 10.4. The highest BCUT2D eigenvalue weighted by Gasteiger charge is 2.05. The van der Waals surface area contributed by atoms with Crippen molar-refractivity contribution in [3.63, 3.8) is 0 Å². The molecule has 6 heteroatoms. The molecule has 0 unspecified atom stereocenters. The summed E-state index contributed by atoms with van der Waals surface area (Å²) in [5.41, 5.74) is 6.45. The third-order valence-electron chi connectivity index (χ3n) is 2.29. The molecular weight excluding hydrogens is 247 g/mol. The highest BCUT2D eigenvalue weighted by atomic mass is 19.1. The van der Waals surface area contributed by atoms with Gasteiger partial charge in [-0.3, -0.25) is 4.68 Å². The fourth-order valence-corrected chi connectivity index (χ4v) is 1.49. The summed E-state index contributed by atoms with van der Waals surface area (Å²) in [4.78, 5) is 0. The van der Waals surface area contributed by atoms with Gasteiger partial charge in [0.15, 0.2) is 0 Å². The highest BCUT2D eigenvalue weighted by molar-refractivity contribution is 5.46. The van der Waals surface area contributed by atoms with Crippen LogP contribution in [0.25, 0.3) is 0 Å². The van der Waals surface area contributed by atoms with Crippen molar-refractivity contribution >= 4 is 0 Å². The Hall–Kier alpha value is -2.39. The van der Waals surface area contributed by atoms with Crippen molar-refractivity contribution in [1.82, 2.24) is 15.0 Å². The predicted octanol–water partition coefficient (Wildman–Crippen LogP) is 0.843. The van der Waals surface area contributed by atoms with Crippen LogP contribution in [-0.2, 0) is 13.7 Å². The molecule has 0 spiro atoms. The van der Waals surface area contributed by atoms with Crippen molar-refractivity contribution in [3.8, 4) is 17.6 Å². The van der Waals surface area contributed by atoms with Gasteiger partial charge in [0.1, 0.15) is 23.9 Å². The molecule has 0 saturated carbocycles. The second-order valence-electron chi connectivity index (χ2n) is 3.82. The summed E-state index contributed by atoms with van der Waals surface area (Å²) in [6, 6.07) is 4.17. The Labute approximate surface area is 110 Å². The lowest BCUT2D eigenvalue weighted by molar-refractivity contribution is 0.300. The minimum absolute atomic E-state index is 0.208. The Balaban J connectivity index is 2.15. The lowest BCUT2D eigenvalue weighted by Crippen LogP contribution is -1.99. The first kappa shape index (κ1) is 13.1. The number of nitrogens with zero attached hydrogens (tertiary/aromatic N) is 3. The van der Waals surface area contributed by atoms with E-state index in [0.29, 0.717) is 17.0 Å². The number of nitrogens with two attached hydrogens (primary N) is 1. The molecule has 1 aromatic heterocycles. The smallest absolute Gasteiger partial charge is 0.135 e. The van der Waals surface area contributed by atoms with Crippen molar-refractivity contribution in [1.29, 1.82) is 0 Å². The largest absolute Gasteiger partial charge is 0.486 e. The molecule has 0 amide bonds. The summed E-state index contributed by atoms with van der Waals surface area (Å²) in [5.74, 6) is 5.57. The maximum Gasteiger partial charge on any atom is 0.135 e. The summed E-state index contributed by atoms with van der Waals surface area (Å²) in [6.45, 7) is 0.455. The van der Waals surface area contributed by atoms with Gasteiger partial charge in [-0.05, 0) is 18.2 Å². The van der Waals surface area contributed by atoms with E-state index in [2.05, 4.69) is 22.2 Å². The fourth-order valence-electron chi connectivity index (χ4n) is 1.49. The zero-order valence-corrected chi connectivity index (χ0v) is 10.4. The monoisotopic (exact) mass is 260 g/mol. The number of aryl methyl sites for hydroxylation is 1. The van der Waals surface area contributed by atoms with E-state index < -0.39 is 0 Å². The van der Waals surface area contributed by atoms with Gasteiger partial charge in [0.05, 0.1) is 18.3 Å². The number of ether oxygens (including phenoxy) is 1. The minimum Gasteiger partial charge on any atom is -0.486 e. The molecule has 0 bridgehead atoms. The maximum atomic E-state index is 13.2. The van der Waals surface area contributed by atoms with Crippen LogP contribution in [0.15, 0.2) is 24.4 Å². The SMILES string of the molecule is Cn1cc(COc2ccc(F)cc2C#CCN)nn1. The van der Waals surface area contributed by atoms with E-state index in [1.165, 1.54) is 18.2 Å². The normalized spacial score (nSPS) is 9.84. The maximum absolute atomic E-state index is 13.2. The third-order valence-corrected chi connectivity index (χ3v) is 2.29. The van der Waals surface area contributed by atoms with Gasteiger partial charge >= 0.3 is 0 Å². The number of aromatic nitrogens is 3. The minimum atomic E-state index is -0.367. The van der Waals surface area contributed by atoms with Gasteiger partial charge in [0.2, 0.25) is 0 Å². The lowest BCUT2D eigenvalue weighted by Gasteiger charge is -2.06. The van der Waals surface area contributed by atoms with Gasteiger partial charge < -0.3 is 10.5 Å². The standard InChI is InChI=1S/C13H13FN4O/c1-18-8-12(16-17-18)9-19-13-5-4-11(14)7-10(13)3-2-6-15/h4-5,7-8H,6,9,15H2,1H3. The molecule has 98 valence electrons. The van der Waals surface area contributed by atoms with E-state index in [0.717, 1.165) is 0 Å². The molecular formula is C13H13FN4O. The van der Waals surface area contributed by atoms with E-state index in [-0.39, 0.29) is 19.0 Å². The van der Waals surface area contributed by atoms with Crippen LogP contribution in [0.5, 0.6) is 5.75 Å². The lowest BCUT2D eigenvalue weighted by atomic mass is 10.2. The average molecular weight is 260 g/mol. The molecule has 2 rings (SSSR count). The van der Waals surface area contributed by atoms with Crippen LogP contribution in [0.1, 0.15) is 11.3 Å². The summed E-state index contributed by atoms with van der Waals surface area (Å²) in [5, 5.41) is 7.70. The van der Waals surface area contributed by atoms with E-state index in [1.54, 1.807) is 17.9 Å². The number of hydrogen-bond acceptors (Lipinski definition) is 4. The molecule has 0 fully saturated rings. The first-order valence-corrected chi connectivity index (χ1v) is 5.65. The Kier molecular flexibility index (Phi) is 4.11. The van der Waals surface area contributed by atoms with Gasteiger partial charge in [-0.1, -0.05) is 17.1 Å². The van der Waals surface area contributed by atoms with E-state index in [1.807, 2.05) is 0 Å². The average Bonchev–Trinajstić information content (AvgIpc) is 2.81. The van der Waals surface area contributed by atoms with Crippen LogP contribution in [0.2, 0.25) is 0 Å². The molecule has 0 saturated heterocycles. The van der Waals surface area contributed by atoms with Crippen LogP contribution in [-0.4, -0.2) is 21.5 Å². The van der Waals surface area contributed by atoms with E-state index >= 15 is 0 Å². The molecule has 2 N–H and O–H groups in total. The number of hydrogen-bond donors (Lipinski definition) is 1. The molecule has 1 aromatic carbocycles. The first-order valence-electron chi connectivity index (χ1n) is 5.65. The summed E-state index contributed by atoms with van der Waals surface area (Å²) >= 11 is 0. The molecule has 19 heavy (non-hydrogen) atoms. The molecule has 0 aliphatic heterocycles. The summed E-state index contributed by atoms with van der Waals surface area (Å²) in [6.07, 6.45) is 1.74. The van der Waals surface area contributed by atoms with Crippen LogP contribution < -0.4 is 10.5 Å².